The van der Waals surface area contributed by atoms with Crippen LogP contribution in [-0.4, -0.2) is 64.4 Å². The Morgan fingerprint density at radius 3 is 2.73 bits per heavy atom. The zero-order chi connectivity index (χ0) is 22.8. The lowest BCUT2D eigenvalue weighted by atomic mass is 9.87. The Morgan fingerprint density at radius 2 is 1.97 bits per heavy atom. The van der Waals surface area contributed by atoms with Crippen molar-refractivity contribution >= 4 is 44.4 Å². The third kappa shape index (κ3) is 5.01. The number of nitrogens with zero attached hydrogens (tertiary/aromatic N) is 5. The van der Waals surface area contributed by atoms with E-state index in [9.17, 15) is 4.39 Å². The molecule has 1 atom stereocenters. The monoisotopic (exact) mass is 536 g/mol. The van der Waals surface area contributed by atoms with E-state index >= 15 is 0 Å². The highest BCUT2D eigenvalue weighted by atomic mass is 79.9. The van der Waals surface area contributed by atoms with E-state index in [0.717, 1.165) is 66.9 Å². The fourth-order valence-corrected chi connectivity index (χ4v) is 5.53. The normalized spacial score (nSPS) is 18.9. The van der Waals surface area contributed by atoms with Crippen LogP contribution in [0.1, 0.15) is 37.4 Å². The van der Waals surface area contributed by atoms with Gasteiger partial charge in [-0.3, -0.25) is 5.10 Å². The molecule has 1 unspecified atom stereocenters. The van der Waals surface area contributed by atoms with E-state index in [2.05, 4.69) is 45.9 Å². The first-order valence-electron chi connectivity index (χ1n) is 11.5. The zero-order valence-electron chi connectivity index (χ0n) is 18.3. The van der Waals surface area contributed by atoms with Crippen LogP contribution in [0.4, 0.5) is 10.2 Å². The molecule has 5 rings (SSSR count). The van der Waals surface area contributed by atoms with Crippen LogP contribution in [0.15, 0.2) is 29.1 Å². The van der Waals surface area contributed by atoms with Crippen LogP contribution in [0.2, 0.25) is 5.02 Å². The Morgan fingerprint density at radius 1 is 1.18 bits per heavy atom. The maximum absolute atomic E-state index is 14.3. The van der Waals surface area contributed by atoms with Crippen molar-refractivity contribution in [2.45, 2.75) is 31.8 Å². The number of aromatic nitrogens is 4. The van der Waals surface area contributed by atoms with Crippen molar-refractivity contribution in [2.24, 2.45) is 5.92 Å². The standard InChI is InChI=1S/C23H27BrClFN6O/c24-21-19-22(30-29-21)27-14-28-23(19)32-9-5-15(6-10-32)20(16-3-4-17(25)18(26)13-16)33-12-11-31-7-1-2-8-31/h3-4,13-15,20H,1-2,5-12H2,(H,27,28,29,30). The topological polar surface area (TPSA) is 70.2 Å². The second-order valence-electron chi connectivity index (χ2n) is 8.77. The average molecular weight is 538 g/mol. The summed E-state index contributed by atoms with van der Waals surface area (Å²) in [5.74, 6) is 0.765. The first kappa shape index (κ1) is 23.0. The van der Waals surface area contributed by atoms with Gasteiger partial charge in [-0.2, -0.15) is 5.10 Å². The van der Waals surface area contributed by atoms with Crippen molar-refractivity contribution in [3.63, 3.8) is 0 Å². The molecule has 0 bridgehead atoms. The fourth-order valence-electron chi connectivity index (χ4n) is 4.97. The van der Waals surface area contributed by atoms with Gasteiger partial charge >= 0.3 is 0 Å². The summed E-state index contributed by atoms with van der Waals surface area (Å²) in [6.07, 6.45) is 5.74. The minimum Gasteiger partial charge on any atom is -0.372 e. The van der Waals surface area contributed by atoms with E-state index in [0.29, 0.717) is 12.3 Å². The van der Waals surface area contributed by atoms with E-state index in [-0.39, 0.29) is 17.0 Å². The Balaban J connectivity index is 1.30. The van der Waals surface area contributed by atoms with Gasteiger partial charge in [0, 0.05) is 19.6 Å². The van der Waals surface area contributed by atoms with Crippen molar-refractivity contribution in [1.29, 1.82) is 0 Å². The van der Waals surface area contributed by atoms with Crippen LogP contribution in [-0.2, 0) is 4.74 Å². The summed E-state index contributed by atoms with van der Waals surface area (Å²) in [5, 5.41) is 8.19. The highest BCUT2D eigenvalue weighted by Gasteiger charge is 2.31. The van der Waals surface area contributed by atoms with Crippen molar-refractivity contribution in [3.8, 4) is 0 Å². The minimum atomic E-state index is -0.395. The van der Waals surface area contributed by atoms with Gasteiger partial charge in [0.1, 0.15) is 22.6 Å². The van der Waals surface area contributed by atoms with Crippen molar-refractivity contribution in [2.75, 3.05) is 44.2 Å². The lowest BCUT2D eigenvalue weighted by Crippen LogP contribution is -2.37. The summed E-state index contributed by atoms with van der Waals surface area (Å²) in [5.41, 5.74) is 1.51. The Labute approximate surface area is 205 Å². The number of likely N-dealkylation sites (tertiary alicyclic amines) is 1. The number of hydrogen-bond donors (Lipinski definition) is 1. The van der Waals surface area contributed by atoms with Crippen LogP contribution in [0.3, 0.4) is 0 Å². The number of aromatic amines is 1. The van der Waals surface area contributed by atoms with Crippen molar-refractivity contribution in [3.05, 3.63) is 45.5 Å². The summed E-state index contributed by atoms with van der Waals surface area (Å²) < 4.78 is 21.5. The predicted octanol–water partition coefficient (Wildman–Crippen LogP) is 4.98. The van der Waals surface area contributed by atoms with Gasteiger partial charge in [-0.25, -0.2) is 14.4 Å². The molecule has 0 saturated carbocycles. The summed E-state index contributed by atoms with van der Waals surface area (Å²) in [7, 11) is 0. The number of ether oxygens (including phenoxy) is 1. The van der Waals surface area contributed by atoms with E-state index < -0.39 is 5.82 Å². The molecule has 2 saturated heterocycles. The van der Waals surface area contributed by atoms with Gasteiger partial charge in [-0.15, -0.1) is 0 Å². The Hall–Kier alpha value is -1.81. The summed E-state index contributed by atoms with van der Waals surface area (Å²) in [4.78, 5) is 13.5. The lowest BCUT2D eigenvalue weighted by Gasteiger charge is -2.37. The highest BCUT2D eigenvalue weighted by molar-refractivity contribution is 9.10. The molecule has 4 heterocycles. The van der Waals surface area contributed by atoms with E-state index in [1.807, 2.05) is 6.07 Å². The molecule has 1 aromatic carbocycles. The summed E-state index contributed by atoms with van der Waals surface area (Å²) >= 11 is 9.47. The molecule has 0 radical (unpaired) electrons. The van der Waals surface area contributed by atoms with Gasteiger partial charge in [0.25, 0.3) is 0 Å². The van der Waals surface area contributed by atoms with E-state index in [1.165, 1.54) is 18.9 Å². The number of H-pyrrole nitrogens is 1. The van der Waals surface area contributed by atoms with Gasteiger partial charge in [0.2, 0.25) is 0 Å². The van der Waals surface area contributed by atoms with Crippen LogP contribution in [0.25, 0.3) is 11.0 Å². The van der Waals surface area contributed by atoms with Crippen LogP contribution >= 0.6 is 27.5 Å². The first-order chi connectivity index (χ1) is 16.1. The number of benzene rings is 1. The Kier molecular flexibility index (Phi) is 7.10. The molecule has 33 heavy (non-hydrogen) atoms. The number of piperidine rings is 1. The van der Waals surface area contributed by atoms with Gasteiger partial charge < -0.3 is 14.5 Å². The molecule has 1 N–H and O–H groups in total. The number of rotatable bonds is 7. The SMILES string of the molecule is Fc1cc(C(OCCN2CCCC2)C2CCN(c3ncnc4n[nH]c(Br)c34)CC2)ccc1Cl. The molecule has 2 fully saturated rings. The van der Waals surface area contributed by atoms with Crippen LogP contribution in [0, 0.1) is 11.7 Å². The molecular weight excluding hydrogens is 511 g/mol. The van der Waals surface area contributed by atoms with Crippen molar-refractivity contribution < 1.29 is 9.13 Å². The number of halogens is 3. The third-order valence-electron chi connectivity index (χ3n) is 6.73. The van der Waals surface area contributed by atoms with Crippen LogP contribution < -0.4 is 4.90 Å². The van der Waals surface area contributed by atoms with Gasteiger partial charge in [-0.05, 0) is 78.3 Å². The Bertz CT molecular complexity index is 1100. The van der Waals surface area contributed by atoms with Crippen LogP contribution in [0.5, 0.6) is 0 Å². The molecule has 176 valence electrons. The van der Waals surface area contributed by atoms with Crippen molar-refractivity contribution in [1.82, 2.24) is 25.1 Å². The second kappa shape index (κ2) is 10.2. The quantitative estimate of drug-likeness (QED) is 0.459. The minimum absolute atomic E-state index is 0.142. The zero-order valence-corrected chi connectivity index (χ0v) is 20.7. The lowest BCUT2D eigenvalue weighted by molar-refractivity contribution is -0.00530. The van der Waals surface area contributed by atoms with Gasteiger partial charge in [-0.1, -0.05) is 17.7 Å². The highest BCUT2D eigenvalue weighted by Crippen LogP contribution is 2.37. The molecule has 7 nitrogen and oxygen atoms in total. The molecule has 0 amide bonds. The number of nitrogens with one attached hydrogen (secondary N) is 1. The largest absolute Gasteiger partial charge is 0.372 e. The molecular formula is C23H27BrClFN6O. The van der Waals surface area contributed by atoms with Gasteiger partial charge in [0.05, 0.1) is 23.1 Å². The molecule has 2 aliphatic heterocycles. The van der Waals surface area contributed by atoms with E-state index in [4.69, 9.17) is 16.3 Å². The molecule has 2 aliphatic rings. The first-order valence-corrected chi connectivity index (χ1v) is 12.7. The smallest absolute Gasteiger partial charge is 0.187 e. The molecule has 2 aromatic heterocycles. The fraction of sp³-hybridized carbons (Fsp3) is 0.522. The summed E-state index contributed by atoms with van der Waals surface area (Å²) in [6, 6.07) is 5.06. The third-order valence-corrected chi connectivity index (χ3v) is 7.61. The second-order valence-corrected chi connectivity index (χ2v) is 9.97. The average Bonchev–Trinajstić information content (AvgIpc) is 3.49. The number of anilines is 1. The molecule has 0 spiro atoms. The molecule has 0 aliphatic carbocycles. The van der Waals surface area contributed by atoms with Gasteiger partial charge in [0.15, 0.2) is 5.65 Å². The summed E-state index contributed by atoms with van der Waals surface area (Å²) in [6.45, 7) is 5.49. The molecule has 10 heteroatoms. The maximum atomic E-state index is 14.3. The van der Waals surface area contributed by atoms with E-state index in [1.54, 1.807) is 12.4 Å². The maximum Gasteiger partial charge on any atom is 0.187 e. The number of hydrogen-bond acceptors (Lipinski definition) is 6. The predicted molar refractivity (Wildman–Crippen MR) is 130 cm³/mol. The molecule has 3 aromatic rings. The number of fused-ring (bicyclic) bond motifs is 1.